The third kappa shape index (κ3) is 6.41. The average Bonchev–Trinajstić information content (AvgIpc) is 2.46. The molecule has 1 atom stereocenters. The summed E-state index contributed by atoms with van der Waals surface area (Å²) < 4.78 is 14.0. The Bertz CT molecular complexity index is 702. The van der Waals surface area contributed by atoms with E-state index < -0.39 is 20.8 Å². The molecule has 1 unspecified atom stereocenters. The topological polar surface area (TPSA) is 20.2 Å². The van der Waals surface area contributed by atoms with Crippen LogP contribution in [-0.4, -0.2) is 5.11 Å². The van der Waals surface area contributed by atoms with Gasteiger partial charge in [0.1, 0.15) is 11.6 Å². The molecule has 0 aliphatic rings. The van der Waals surface area contributed by atoms with Crippen LogP contribution in [0.5, 0.6) is 5.75 Å². The summed E-state index contributed by atoms with van der Waals surface area (Å²) in [6.45, 7) is 10.2. The minimum absolute atomic E-state index is 0.00348. The molecule has 0 saturated carbocycles. The number of rotatable bonds is 2. The maximum atomic E-state index is 14.0. The number of benzene rings is 2. The van der Waals surface area contributed by atoms with Crippen molar-refractivity contribution in [2.45, 2.75) is 40.0 Å². The van der Waals surface area contributed by atoms with E-state index in [0.717, 1.165) is 22.0 Å². The molecule has 6 heteroatoms. The maximum absolute atomic E-state index is 14.0. The van der Waals surface area contributed by atoms with Crippen LogP contribution < -0.4 is 10.6 Å². The first-order chi connectivity index (χ1) is 11.1. The van der Waals surface area contributed by atoms with E-state index in [1.165, 1.54) is 0 Å². The minimum atomic E-state index is -0.826. The zero-order valence-corrected chi connectivity index (χ0v) is 19.4. The molecule has 1 nitrogen and oxygen atoms in total. The molecule has 0 aliphatic heterocycles. The van der Waals surface area contributed by atoms with Gasteiger partial charge in [0, 0.05) is 10.6 Å². The Morgan fingerprint density at radius 1 is 1.04 bits per heavy atom. The van der Waals surface area contributed by atoms with Gasteiger partial charge in [0.15, 0.2) is 0 Å². The van der Waals surface area contributed by atoms with Crippen LogP contribution in [0, 0.1) is 19.7 Å². The van der Waals surface area contributed by atoms with Gasteiger partial charge in [-0.05, 0) is 48.1 Å². The second kappa shape index (κ2) is 9.68. The molecule has 2 aromatic rings. The summed E-state index contributed by atoms with van der Waals surface area (Å²) in [6.07, 6.45) is 0. The van der Waals surface area contributed by atoms with Crippen molar-refractivity contribution in [3.8, 4) is 5.75 Å². The summed E-state index contributed by atoms with van der Waals surface area (Å²) in [7, 11) is 9.99. The predicted molar refractivity (Wildman–Crippen MR) is 102 cm³/mol. The standard InChI is InChI=1S/C18H22FOP.2ClH.Zr/c1-11-6-7-15(14(19)8-11)21-16-10-13(18(3,4)5)9-12(2)17(16)20;;;/h6-10,20-21H,1-5H3;2*1H;/q;;;+2/p-2. The van der Waals surface area contributed by atoms with Gasteiger partial charge in [0.25, 0.3) is 0 Å². The fourth-order valence-electron chi connectivity index (χ4n) is 2.17. The van der Waals surface area contributed by atoms with Gasteiger partial charge in [-0.2, -0.15) is 0 Å². The van der Waals surface area contributed by atoms with E-state index in [2.05, 4.69) is 20.8 Å². The normalized spacial score (nSPS) is 11.3. The first-order valence-electron chi connectivity index (χ1n) is 7.43. The van der Waals surface area contributed by atoms with Gasteiger partial charge < -0.3 is 5.11 Å². The van der Waals surface area contributed by atoms with E-state index in [1.54, 1.807) is 6.07 Å². The van der Waals surface area contributed by atoms with Crippen molar-refractivity contribution in [1.29, 1.82) is 0 Å². The molecule has 0 radical (unpaired) electrons. The second-order valence-electron chi connectivity index (χ2n) is 6.62. The summed E-state index contributed by atoms with van der Waals surface area (Å²) in [4.78, 5) is 0. The molecule has 0 aliphatic carbocycles. The quantitative estimate of drug-likeness (QED) is 0.584. The molecule has 0 bridgehead atoms. The first-order valence-corrected chi connectivity index (χ1v) is 14.8. The molecule has 0 fully saturated rings. The van der Waals surface area contributed by atoms with Crippen LogP contribution in [0.1, 0.15) is 37.5 Å². The number of hydrogen-bond donors (Lipinski definition) is 1. The summed E-state index contributed by atoms with van der Waals surface area (Å²) >= 11 is -0.826. The molecule has 1 N–H and O–H groups in total. The van der Waals surface area contributed by atoms with Crippen molar-refractivity contribution in [2.24, 2.45) is 0 Å². The number of phenolic OH excluding ortho intramolecular Hbond substituents is 1. The van der Waals surface area contributed by atoms with Gasteiger partial charge in [-0.1, -0.05) is 47.6 Å². The van der Waals surface area contributed by atoms with Crippen LogP contribution in [-0.2, 0) is 26.3 Å². The van der Waals surface area contributed by atoms with E-state index in [0.29, 0.717) is 5.30 Å². The van der Waals surface area contributed by atoms with E-state index in [-0.39, 0.29) is 25.6 Å². The Kier molecular flexibility index (Phi) is 8.91. The van der Waals surface area contributed by atoms with Gasteiger partial charge in [-0.25, -0.2) is 4.39 Å². The molecule has 0 heterocycles. The molecule has 0 aromatic heterocycles. The van der Waals surface area contributed by atoms with Crippen LogP contribution >= 0.6 is 25.6 Å². The van der Waals surface area contributed by atoms with Gasteiger partial charge >= 0.3 is 37.9 Å². The fraction of sp³-hybridized carbons (Fsp3) is 0.333. The van der Waals surface area contributed by atoms with E-state index in [1.807, 2.05) is 38.1 Å². The van der Waals surface area contributed by atoms with Crippen LogP contribution in [0.25, 0.3) is 0 Å². The summed E-state index contributed by atoms with van der Waals surface area (Å²) in [5.41, 5.74) is 2.92. The summed E-state index contributed by atoms with van der Waals surface area (Å²) in [5.74, 6) is 0.0767. The number of aryl methyl sites for hydroxylation is 2. The van der Waals surface area contributed by atoms with Crippen molar-refractivity contribution in [1.82, 2.24) is 0 Å². The average molecular weight is 466 g/mol. The Balaban J connectivity index is 0.000000891. The Morgan fingerprint density at radius 3 is 2.12 bits per heavy atom. The van der Waals surface area contributed by atoms with Crippen molar-refractivity contribution in [3.63, 3.8) is 0 Å². The molecule has 0 amide bonds. The first kappa shape index (κ1) is 22.1. The number of aromatic hydroxyl groups is 1. The SMILES string of the molecule is Cc1ccc(Pc2cc(C(C)(C)C)cc(C)c2O)c(F)c1.[Cl][Zr][Cl]. The Morgan fingerprint density at radius 2 is 1.62 bits per heavy atom. The van der Waals surface area contributed by atoms with Crippen LogP contribution in [0.3, 0.4) is 0 Å². The summed E-state index contributed by atoms with van der Waals surface area (Å²) in [6, 6.07) is 9.26. The molecular weight excluding hydrogens is 444 g/mol. The number of phenols is 1. The predicted octanol–water partition coefficient (Wildman–Crippen LogP) is 5.45. The second-order valence-corrected chi connectivity index (χ2v) is 11.7. The van der Waals surface area contributed by atoms with Crippen molar-refractivity contribution in [2.75, 3.05) is 0 Å². The zero-order valence-electron chi connectivity index (χ0n) is 14.5. The summed E-state index contributed by atoms with van der Waals surface area (Å²) in [5, 5.41) is 11.7. The molecule has 0 spiro atoms. The van der Waals surface area contributed by atoms with Gasteiger partial charge in [-0.15, -0.1) is 0 Å². The van der Waals surface area contributed by atoms with Crippen LogP contribution in [0.2, 0.25) is 0 Å². The third-order valence-electron chi connectivity index (χ3n) is 3.56. The van der Waals surface area contributed by atoms with Crippen molar-refractivity contribution < 1.29 is 30.3 Å². The third-order valence-corrected chi connectivity index (χ3v) is 4.89. The molecule has 2 rings (SSSR count). The van der Waals surface area contributed by atoms with E-state index in [9.17, 15) is 9.50 Å². The number of halogens is 3. The van der Waals surface area contributed by atoms with Gasteiger partial charge in [-0.3, -0.25) is 0 Å². The van der Waals surface area contributed by atoms with Crippen molar-refractivity contribution in [3.05, 3.63) is 52.8 Å². The van der Waals surface area contributed by atoms with Crippen LogP contribution in [0.4, 0.5) is 4.39 Å². The fourth-order valence-corrected chi connectivity index (χ4v) is 3.37. The number of hydrogen-bond acceptors (Lipinski definition) is 1. The zero-order chi connectivity index (χ0) is 18.5. The van der Waals surface area contributed by atoms with E-state index in [4.69, 9.17) is 17.0 Å². The monoisotopic (exact) mass is 464 g/mol. The van der Waals surface area contributed by atoms with E-state index >= 15 is 0 Å². The van der Waals surface area contributed by atoms with Crippen molar-refractivity contribution >= 4 is 36.2 Å². The van der Waals surface area contributed by atoms with Crippen LogP contribution in [0.15, 0.2) is 30.3 Å². The molecular formula is C18H22Cl2FOPZr. The molecule has 24 heavy (non-hydrogen) atoms. The Labute approximate surface area is 164 Å². The molecule has 2 aromatic carbocycles. The van der Waals surface area contributed by atoms with Gasteiger partial charge in [0.2, 0.25) is 0 Å². The Hall–Kier alpha value is 0.0631. The molecule has 130 valence electrons. The molecule has 0 saturated heterocycles. The van der Waals surface area contributed by atoms with Gasteiger partial charge in [0.05, 0.1) is 0 Å².